The van der Waals surface area contributed by atoms with Gasteiger partial charge >= 0.3 is 0 Å². The van der Waals surface area contributed by atoms with Crippen LogP contribution in [0.3, 0.4) is 0 Å². The summed E-state index contributed by atoms with van der Waals surface area (Å²) in [5, 5.41) is 8.66. The highest BCUT2D eigenvalue weighted by atomic mass is 15.3. The molecule has 88 valence electrons. The van der Waals surface area contributed by atoms with Crippen LogP contribution in [0.4, 0.5) is 0 Å². The van der Waals surface area contributed by atoms with E-state index in [1.54, 1.807) is 0 Å². The minimum absolute atomic E-state index is 0.747. The van der Waals surface area contributed by atoms with E-state index in [-0.39, 0.29) is 0 Å². The lowest BCUT2D eigenvalue weighted by Crippen LogP contribution is -2.19. The smallest absolute Gasteiger partial charge is 0.137 e. The van der Waals surface area contributed by atoms with Crippen LogP contribution in [0, 0.1) is 5.92 Å². The van der Waals surface area contributed by atoms with Crippen molar-refractivity contribution in [2.24, 2.45) is 5.92 Å². The second kappa shape index (κ2) is 4.32. The number of hydrogen-bond acceptors (Lipinski definition) is 2. The Morgan fingerprint density at radius 2 is 2.06 bits per heavy atom. The fraction of sp³-hybridized carbons (Fsp3) is 0.429. The van der Waals surface area contributed by atoms with E-state index in [9.17, 15) is 0 Å². The van der Waals surface area contributed by atoms with E-state index in [1.807, 2.05) is 6.07 Å². The zero-order valence-electron chi connectivity index (χ0n) is 10.1. The Labute approximate surface area is 101 Å². The molecule has 0 saturated carbocycles. The quantitative estimate of drug-likeness (QED) is 0.789. The molecule has 1 aliphatic heterocycles. The van der Waals surface area contributed by atoms with Crippen LogP contribution in [-0.2, 0) is 19.4 Å². The molecule has 1 unspecified atom stereocenters. The topological polar surface area (TPSA) is 30.7 Å². The molecular formula is C14H17N3. The summed E-state index contributed by atoms with van der Waals surface area (Å²) in [6.07, 6.45) is 3.21. The maximum Gasteiger partial charge on any atom is 0.137 e. The Balaban J connectivity index is 1.85. The van der Waals surface area contributed by atoms with Crippen LogP contribution in [0.1, 0.15) is 30.6 Å². The standard InChI is InChI=1S/C14H17N3/c1-11-7-8-17-13(9-11)15-16-14(17)10-12-5-3-2-4-6-12/h2-6,11H,7-10H2,1H3. The summed E-state index contributed by atoms with van der Waals surface area (Å²) in [4.78, 5) is 0. The van der Waals surface area contributed by atoms with Gasteiger partial charge in [0.15, 0.2) is 0 Å². The van der Waals surface area contributed by atoms with Gasteiger partial charge in [0, 0.05) is 19.4 Å². The van der Waals surface area contributed by atoms with E-state index in [2.05, 4.69) is 46.0 Å². The predicted octanol–water partition coefficient (Wildman–Crippen LogP) is 2.45. The average molecular weight is 227 g/mol. The van der Waals surface area contributed by atoms with Crippen molar-refractivity contribution in [2.45, 2.75) is 32.7 Å². The van der Waals surface area contributed by atoms with Crippen molar-refractivity contribution < 1.29 is 0 Å². The lowest BCUT2D eigenvalue weighted by molar-refractivity contribution is 0.404. The minimum Gasteiger partial charge on any atom is -0.315 e. The lowest BCUT2D eigenvalue weighted by atomic mass is 10.00. The van der Waals surface area contributed by atoms with Gasteiger partial charge in [0.05, 0.1) is 0 Å². The van der Waals surface area contributed by atoms with Gasteiger partial charge in [0.2, 0.25) is 0 Å². The van der Waals surface area contributed by atoms with Crippen LogP contribution in [-0.4, -0.2) is 14.8 Å². The molecule has 0 fully saturated rings. The molecule has 0 spiro atoms. The molecule has 0 radical (unpaired) electrons. The predicted molar refractivity (Wildman–Crippen MR) is 66.8 cm³/mol. The molecule has 0 amide bonds. The first-order valence-corrected chi connectivity index (χ1v) is 6.28. The van der Waals surface area contributed by atoms with Gasteiger partial charge < -0.3 is 4.57 Å². The van der Waals surface area contributed by atoms with Crippen molar-refractivity contribution in [1.82, 2.24) is 14.8 Å². The Morgan fingerprint density at radius 3 is 2.88 bits per heavy atom. The van der Waals surface area contributed by atoms with Crippen LogP contribution < -0.4 is 0 Å². The molecule has 0 bridgehead atoms. The molecule has 0 aliphatic carbocycles. The first kappa shape index (κ1) is 10.5. The van der Waals surface area contributed by atoms with Gasteiger partial charge in [-0.3, -0.25) is 0 Å². The third kappa shape index (κ3) is 2.09. The van der Waals surface area contributed by atoms with Crippen molar-refractivity contribution >= 4 is 0 Å². The summed E-state index contributed by atoms with van der Waals surface area (Å²) in [6, 6.07) is 10.5. The lowest BCUT2D eigenvalue weighted by Gasteiger charge is -2.20. The van der Waals surface area contributed by atoms with Gasteiger partial charge in [-0.25, -0.2) is 0 Å². The summed E-state index contributed by atoms with van der Waals surface area (Å²) in [7, 11) is 0. The van der Waals surface area contributed by atoms with Crippen molar-refractivity contribution in [3.63, 3.8) is 0 Å². The molecule has 2 heterocycles. The average Bonchev–Trinajstić information content (AvgIpc) is 2.73. The third-order valence-corrected chi connectivity index (χ3v) is 3.49. The number of hydrogen-bond donors (Lipinski definition) is 0. The van der Waals surface area contributed by atoms with Crippen molar-refractivity contribution in [3.05, 3.63) is 47.5 Å². The van der Waals surface area contributed by atoms with Crippen LogP contribution in [0.5, 0.6) is 0 Å². The number of rotatable bonds is 2. The molecular weight excluding hydrogens is 210 g/mol. The summed E-state index contributed by atoms with van der Waals surface area (Å²) in [5.74, 6) is 3.02. The van der Waals surface area contributed by atoms with E-state index >= 15 is 0 Å². The van der Waals surface area contributed by atoms with E-state index < -0.39 is 0 Å². The van der Waals surface area contributed by atoms with Gasteiger partial charge in [-0.1, -0.05) is 37.3 Å². The second-order valence-electron chi connectivity index (χ2n) is 4.94. The number of nitrogens with zero attached hydrogens (tertiary/aromatic N) is 3. The summed E-state index contributed by atoms with van der Waals surface area (Å²) < 4.78 is 2.30. The first-order valence-electron chi connectivity index (χ1n) is 6.28. The summed E-state index contributed by atoms with van der Waals surface area (Å²) >= 11 is 0. The molecule has 3 nitrogen and oxygen atoms in total. The molecule has 17 heavy (non-hydrogen) atoms. The zero-order chi connectivity index (χ0) is 11.7. The molecule has 1 aromatic heterocycles. The second-order valence-corrected chi connectivity index (χ2v) is 4.94. The Hall–Kier alpha value is -1.64. The fourth-order valence-electron chi connectivity index (χ4n) is 2.45. The molecule has 0 N–H and O–H groups in total. The molecule has 0 saturated heterocycles. The fourth-order valence-corrected chi connectivity index (χ4v) is 2.45. The van der Waals surface area contributed by atoms with Gasteiger partial charge in [0.1, 0.15) is 11.6 Å². The third-order valence-electron chi connectivity index (χ3n) is 3.49. The molecule has 2 aromatic rings. The van der Waals surface area contributed by atoms with Gasteiger partial charge in [-0.05, 0) is 17.9 Å². The SMILES string of the molecule is CC1CCn2c(Cc3ccccc3)nnc2C1. The zero-order valence-corrected chi connectivity index (χ0v) is 10.1. The maximum atomic E-state index is 4.34. The summed E-state index contributed by atoms with van der Waals surface area (Å²) in [6.45, 7) is 3.36. The Kier molecular flexibility index (Phi) is 2.67. The number of fused-ring (bicyclic) bond motifs is 1. The molecule has 1 atom stereocenters. The van der Waals surface area contributed by atoms with Crippen LogP contribution in [0.25, 0.3) is 0 Å². The van der Waals surface area contributed by atoms with E-state index in [1.165, 1.54) is 12.0 Å². The Morgan fingerprint density at radius 1 is 1.24 bits per heavy atom. The molecule has 3 rings (SSSR count). The number of benzene rings is 1. The van der Waals surface area contributed by atoms with Crippen molar-refractivity contribution in [2.75, 3.05) is 0 Å². The van der Waals surface area contributed by atoms with E-state index in [0.717, 1.165) is 37.0 Å². The monoisotopic (exact) mass is 227 g/mol. The molecule has 3 heteroatoms. The van der Waals surface area contributed by atoms with Crippen LogP contribution in [0.2, 0.25) is 0 Å². The summed E-state index contributed by atoms with van der Waals surface area (Å²) in [5.41, 5.74) is 1.31. The Bertz CT molecular complexity index is 501. The highest BCUT2D eigenvalue weighted by molar-refractivity contribution is 5.19. The van der Waals surface area contributed by atoms with Crippen molar-refractivity contribution in [3.8, 4) is 0 Å². The number of aromatic nitrogens is 3. The van der Waals surface area contributed by atoms with Gasteiger partial charge in [-0.15, -0.1) is 10.2 Å². The molecule has 1 aliphatic rings. The first-order chi connectivity index (χ1) is 8.33. The maximum absolute atomic E-state index is 4.34. The highest BCUT2D eigenvalue weighted by Crippen LogP contribution is 2.20. The van der Waals surface area contributed by atoms with Crippen LogP contribution >= 0.6 is 0 Å². The minimum atomic E-state index is 0.747. The van der Waals surface area contributed by atoms with Crippen LogP contribution in [0.15, 0.2) is 30.3 Å². The van der Waals surface area contributed by atoms with Gasteiger partial charge in [-0.2, -0.15) is 0 Å². The molecule has 1 aromatic carbocycles. The largest absolute Gasteiger partial charge is 0.315 e. The highest BCUT2D eigenvalue weighted by Gasteiger charge is 2.19. The normalized spacial score (nSPS) is 19.0. The van der Waals surface area contributed by atoms with Gasteiger partial charge in [0.25, 0.3) is 0 Å². The van der Waals surface area contributed by atoms with Crippen molar-refractivity contribution in [1.29, 1.82) is 0 Å². The van der Waals surface area contributed by atoms with E-state index in [4.69, 9.17) is 0 Å². The van der Waals surface area contributed by atoms with E-state index in [0.29, 0.717) is 0 Å².